The molecule has 126 valence electrons. The molecule has 3 aromatic rings. The molecule has 0 saturated heterocycles. The van der Waals surface area contributed by atoms with Crippen LogP contribution < -0.4 is 10.5 Å². The van der Waals surface area contributed by atoms with E-state index in [4.69, 9.17) is 11.6 Å². The van der Waals surface area contributed by atoms with Gasteiger partial charge in [-0.2, -0.15) is 0 Å². The molecule has 0 unspecified atom stereocenters. The summed E-state index contributed by atoms with van der Waals surface area (Å²) in [5.41, 5.74) is 1.36. The number of halogens is 1. The summed E-state index contributed by atoms with van der Waals surface area (Å²) in [4.78, 5) is 27.0. The van der Waals surface area contributed by atoms with Gasteiger partial charge in [0.25, 0.3) is 11.5 Å². The molecule has 0 N–H and O–H groups in total. The number of rotatable bonds is 4. The maximum atomic E-state index is 12.8. The molecular formula is C20H17ClN2O2. The molecule has 5 heteroatoms. The Morgan fingerprint density at radius 1 is 1.04 bits per heavy atom. The maximum absolute atomic E-state index is 12.8. The van der Waals surface area contributed by atoms with E-state index in [0.29, 0.717) is 17.3 Å². The van der Waals surface area contributed by atoms with Crippen molar-refractivity contribution in [2.24, 2.45) is 0 Å². The predicted molar refractivity (Wildman–Crippen MR) is 100 cm³/mol. The second kappa shape index (κ2) is 7.36. The highest BCUT2D eigenvalue weighted by Gasteiger charge is 2.19. The van der Waals surface area contributed by atoms with Gasteiger partial charge in [-0.15, -0.1) is 0 Å². The largest absolute Gasteiger partial charge is 0.311 e. The van der Waals surface area contributed by atoms with E-state index in [1.807, 2.05) is 60.7 Å². The van der Waals surface area contributed by atoms with Crippen molar-refractivity contribution in [2.75, 3.05) is 11.9 Å². The molecule has 0 aliphatic carbocycles. The van der Waals surface area contributed by atoms with Crippen LogP contribution in [-0.2, 0) is 6.54 Å². The molecule has 0 fully saturated rings. The summed E-state index contributed by atoms with van der Waals surface area (Å²) in [6, 6.07) is 20.1. The summed E-state index contributed by atoms with van der Waals surface area (Å²) in [6.07, 6.45) is 1.55. The lowest BCUT2D eigenvalue weighted by Crippen LogP contribution is -2.34. The van der Waals surface area contributed by atoms with Crippen molar-refractivity contribution in [3.8, 4) is 0 Å². The number of anilines is 1. The van der Waals surface area contributed by atoms with E-state index in [-0.39, 0.29) is 17.0 Å². The van der Waals surface area contributed by atoms with Crippen molar-refractivity contribution in [3.63, 3.8) is 0 Å². The molecule has 3 rings (SSSR count). The number of hydrogen-bond acceptors (Lipinski definition) is 2. The number of para-hydroxylation sites is 1. The van der Waals surface area contributed by atoms with Gasteiger partial charge in [0, 0.05) is 18.9 Å². The first-order chi connectivity index (χ1) is 12.1. The van der Waals surface area contributed by atoms with Gasteiger partial charge in [-0.3, -0.25) is 9.59 Å². The van der Waals surface area contributed by atoms with E-state index >= 15 is 0 Å². The molecule has 0 aliphatic heterocycles. The lowest BCUT2D eigenvalue weighted by molar-refractivity contribution is 0.0991. The Bertz CT molecular complexity index is 937. The zero-order valence-electron chi connectivity index (χ0n) is 13.7. The first kappa shape index (κ1) is 17.0. The number of amides is 1. The highest BCUT2D eigenvalue weighted by atomic mass is 35.5. The maximum Gasteiger partial charge on any atom is 0.263 e. The van der Waals surface area contributed by atoms with Gasteiger partial charge in [-0.25, -0.2) is 0 Å². The Kier molecular flexibility index (Phi) is 5.00. The van der Waals surface area contributed by atoms with Crippen LogP contribution in [-0.4, -0.2) is 17.5 Å². The molecule has 2 aromatic carbocycles. The van der Waals surface area contributed by atoms with E-state index in [1.54, 1.807) is 13.2 Å². The van der Waals surface area contributed by atoms with Crippen LogP contribution in [0.3, 0.4) is 0 Å². The summed E-state index contributed by atoms with van der Waals surface area (Å²) < 4.78 is 1.46. The second-order valence-electron chi connectivity index (χ2n) is 5.69. The number of carbonyl (C=O) groups excluding carboxylic acids is 1. The Morgan fingerprint density at radius 2 is 1.64 bits per heavy atom. The Morgan fingerprint density at radius 3 is 2.28 bits per heavy atom. The van der Waals surface area contributed by atoms with Crippen molar-refractivity contribution >= 4 is 23.2 Å². The first-order valence-electron chi connectivity index (χ1n) is 7.83. The van der Waals surface area contributed by atoms with Crippen molar-refractivity contribution in [1.82, 2.24) is 4.57 Å². The van der Waals surface area contributed by atoms with Crippen molar-refractivity contribution in [1.29, 1.82) is 0 Å². The standard InChI is InChI=1S/C20H17ClN2O2/c1-22(17-10-6-3-7-11-17)19(24)18-12-16(21)14-23(20(18)25)13-15-8-4-2-5-9-15/h2-12,14H,13H2,1H3. The molecule has 4 nitrogen and oxygen atoms in total. The van der Waals surface area contributed by atoms with E-state index in [2.05, 4.69) is 0 Å². The first-order valence-corrected chi connectivity index (χ1v) is 8.21. The normalized spacial score (nSPS) is 10.5. The second-order valence-corrected chi connectivity index (χ2v) is 6.13. The average Bonchev–Trinajstić information content (AvgIpc) is 2.65. The summed E-state index contributed by atoms with van der Waals surface area (Å²) >= 11 is 6.15. The van der Waals surface area contributed by atoms with Gasteiger partial charge < -0.3 is 9.47 Å². The quantitative estimate of drug-likeness (QED) is 0.716. The van der Waals surface area contributed by atoms with Crippen LogP contribution >= 0.6 is 11.6 Å². The van der Waals surface area contributed by atoms with E-state index in [9.17, 15) is 9.59 Å². The Balaban J connectivity index is 1.97. The summed E-state index contributed by atoms with van der Waals surface area (Å²) in [6.45, 7) is 0.357. The number of benzene rings is 2. The third-order valence-electron chi connectivity index (χ3n) is 3.93. The SMILES string of the molecule is CN(C(=O)c1cc(Cl)cn(Cc2ccccc2)c1=O)c1ccccc1. The lowest BCUT2D eigenvalue weighted by atomic mass is 10.2. The molecular weight excluding hydrogens is 336 g/mol. The van der Waals surface area contributed by atoms with Crippen LogP contribution in [0, 0.1) is 0 Å². The van der Waals surface area contributed by atoms with Crippen LogP contribution in [0.1, 0.15) is 15.9 Å². The number of pyridine rings is 1. The van der Waals surface area contributed by atoms with Gasteiger partial charge in [0.1, 0.15) is 5.56 Å². The number of aromatic nitrogens is 1. The summed E-state index contributed by atoms with van der Waals surface area (Å²) in [5.74, 6) is -0.388. The lowest BCUT2D eigenvalue weighted by Gasteiger charge is -2.18. The van der Waals surface area contributed by atoms with Gasteiger partial charge in [-0.1, -0.05) is 60.1 Å². The van der Waals surface area contributed by atoms with E-state index < -0.39 is 0 Å². The average molecular weight is 353 g/mol. The predicted octanol–water partition coefficient (Wildman–Crippen LogP) is 3.83. The van der Waals surface area contributed by atoms with Gasteiger partial charge in [0.2, 0.25) is 0 Å². The zero-order valence-corrected chi connectivity index (χ0v) is 14.5. The molecule has 25 heavy (non-hydrogen) atoms. The number of nitrogens with zero attached hydrogens (tertiary/aromatic N) is 2. The minimum atomic E-state index is -0.388. The molecule has 0 radical (unpaired) electrons. The van der Waals surface area contributed by atoms with Crippen LogP contribution in [0.2, 0.25) is 5.02 Å². The third-order valence-corrected chi connectivity index (χ3v) is 4.13. The van der Waals surface area contributed by atoms with Gasteiger partial charge in [-0.05, 0) is 23.8 Å². The fourth-order valence-corrected chi connectivity index (χ4v) is 2.83. The van der Waals surface area contributed by atoms with Crippen molar-refractivity contribution in [3.05, 3.63) is 99.4 Å². The fourth-order valence-electron chi connectivity index (χ4n) is 2.60. The topological polar surface area (TPSA) is 42.3 Å². The van der Waals surface area contributed by atoms with Crippen molar-refractivity contribution in [2.45, 2.75) is 6.54 Å². The molecule has 0 spiro atoms. The fraction of sp³-hybridized carbons (Fsp3) is 0.100. The smallest absolute Gasteiger partial charge is 0.263 e. The summed E-state index contributed by atoms with van der Waals surface area (Å²) in [7, 11) is 1.64. The monoisotopic (exact) mass is 352 g/mol. The number of carbonyl (C=O) groups is 1. The van der Waals surface area contributed by atoms with E-state index in [0.717, 1.165) is 5.56 Å². The third kappa shape index (κ3) is 3.80. The summed E-state index contributed by atoms with van der Waals surface area (Å²) in [5, 5.41) is 0.348. The van der Waals surface area contributed by atoms with Gasteiger partial charge in [0.05, 0.1) is 11.6 Å². The van der Waals surface area contributed by atoms with Crippen LogP contribution in [0.15, 0.2) is 77.7 Å². The van der Waals surface area contributed by atoms with E-state index in [1.165, 1.54) is 15.5 Å². The molecule has 1 amide bonds. The Labute approximate surface area is 150 Å². The molecule has 0 bridgehead atoms. The molecule has 0 saturated carbocycles. The van der Waals surface area contributed by atoms with Crippen LogP contribution in [0.4, 0.5) is 5.69 Å². The zero-order chi connectivity index (χ0) is 17.8. The highest BCUT2D eigenvalue weighted by Crippen LogP contribution is 2.16. The molecule has 0 atom stereocenters. The van der Waals surface area contributed by atoms with Crippen molar-refractivity contribution < 1.29 is 4.79 Å². The van der Waals surface area contributed by atoms with Crippen LogP contribution in [0.25, 0.3) is 0 Å². The number of hydrogen-bond donors (Lipinski definition) is 0. The molecule has 1 aromatic heterocycles. The molecule has 0 aliphatic rings. The van der Waals surface area contributed by atoms with Gasteiger partial charge in [0.15, 0.2) is 0 Å². The molecule has 1 heterocycles. The highest BCUT2D eigenvalue weighted by molar-refractivity contribution is 6.30. The minimum absolute atomic E-state index is 0.0507. The van der Waals surface area contributed by atoms with Gasteiger partial charge >= 0.3 is 0 Å². The minimum Gasteiger partial charge on any atom is -0.311 e. The Hall–Kier alpha value is -2.85. The van der Waals surface area contributed by atoms with Crippen LogP contribution in [0.5, 0.6) is 0 Å².